The van der Waals surface area contributed by atoms with Gasteiger partial charge in [0.05, 0.1) is 31.9 Å². The van der Waals surface area contributed by atoms with Gasteiger partial charge in [0.25, 0.3) is 0 Å². The van der Waals surface area contributed by atoms with Crippen LogP contribution in [-0.2, 0) is 9.53 Å². The first kappa shape index (κ1) is 7.65. The number of aliphatic hydroxyl groups excluding tert-OH is 1. The summed E-state index contributed by atoms with van der Waals surface area (Å²) in [5, 5.41) is 11.6. The number of ether oxygens (including phenoxy) is 1. The fourth-order valence-corrected chi connectivity index (χ4v) is 0.920. The summed E-state index contributed by atoms with van der Waals surface area (Å²) < 4.78 is 5.02. The van der Waals surface area contributed by atoms with Crippen LogP contribution in [0.25, 0.3) is 0 Å². The smallest absolute Gasteiger partial charge is 0.139 e. The minimum Gasteiger partial charge on any atom is -0.395 e. The minimum atomic E-state index is -0.245. The Balaban J connectivity index is 2.31. The molecular formula is C6H11NO3. The van der Waals surface area contributed by atoms with Gasteiger partial charge in [-0.1, -0.05) is 0 Å². The van der Waals surface area contributed by atoms with Crippen molar-refractivity contribution in [1.82, 2.24) is 5.32 Å². The fraction of sp³-hybridized carbons (Fsp3) is 0.833. The SMILES string of the molecule is O=CC1COC[C@@H](CO)N1. The van der Waals surface area contributed by atoms with Crippen LogP contribution in [0.5, 0.6) is 0 Å². The Bertz CT molecular complexity index is 118. The van der Waals surface area contributed by atoms with Crippen molar-refractivity contribution in [2.24, 2.45) is 0 Å². The molecule has 0 aromatic rings. The van der Waals surface area contributed by atoms with E-state index in [-0.39, 0.29) is 18.7 Å². The van der Waals surface area contributed by atoms with Crippen LogP contribution in [-0.4, -0.2) is 43.3 Å². The summed E-state index contributed by atoms with van der Waals surface area (Å²) in [5.74, 6) is 0. The third-order valence-electron chi connectivity index (χ3n) is 1.45. The predicted octanol–water partition coefficient (Wildman–Crippen LogP) is -1.47. The molecule has 58 valence electrons. The van der Waals surface area contributed by atoms with Crippen LogP contribution in [0.15, 0.2) is 0 Å². The van der Waals surface area contributed by atoms with E-state index in [4.69, 9.17) is 9.84 Å². The van der Waals surface area contributed by atoms with Crippen LogP contribution in [0.4, 0.5) is 0 Å². The molecule has 1 fully saturated rings. The molecule has 0 aliphatic carbocycles. The molecule has 1 saturated heterocycles. The Labute approximate surface area is 59.2 Å². The molecule has 1 unspecified atom stereocenters. The number of aldehydes is 1. The summed E-state index contributed by atoms with van der Waals surface area (Å²) in [6.45, 7) is 0.922. The first-order valence-corrected chi connectivity index (χ1v) is 3.26. The molecule has 0 bridgehead atoms. The lowest BCUT2D eigenvalue weighted by Crippen LogP contribution is -2.51. The lowest BCUT2D eigenvalue weighted by Gasteiger charge is -2.26. The van der Waals surface area contributed by atoms with Crippen molar-refractivity contribution >= 4 is 6.29 Å². The second kappa shape index (κ2) is 3.65. The van der Waals surface area contributed by atoms with E-state index in [9.17, 15) is 4.79 Å². The molecule has 1 rings (SSSR count). The van der Waals surface area contributed by atoms with Gasteiger partial charge in [0.1, 0.15) is 6.29 Å². The Kier molecular flexibility index (Phi) is 2.80. The van der Waals surface area contributed by atoms with E-state index in [1.807, 2.05) is 0 Å². The number of hydrogen-bond donors (Lipinski definition) is 2. The number of carbonyl (C=O) groups excluding carboxylic acids is 1. The maximum Gasteiger partial charge on any atom is 0.139 e. The van der Waals surface area contributed by atoms with E-state index in [1.165, 1.54) is 0 Å². The van der Waals surface area contributed by atoms with Crippen LogP contribution in [0.1, 0.15) is 0 Å². The molecule has 0 spiro atoms. The maximum atomic E-state index is 10.2. The van der Waals surface area contributed by atoms with Gasteiger partial charge < -0.3 is 14.6 Å². The van der Waals surface area contributed by atoms with Gasteiger partial charge in [0, 0.05) is 0 Å². The van der Waals surface area contributed by atoms with Crippen LogP contribution >= 0.6 is 0 Å². The molecule has 1 aliphatic heterocycles. The highest BCUT2D eigenvalue weighted by Gasteiger charge is 2.19. The van der Waals surface area contributed by atoms with Crippen molar-refractivity contribution in [3.8, 4) is 0 Å². The topological polar surface area (TPSA) is 58.6 Å². The number of carbonyl (C=O) groups is 1. The molecule has 1 aliphatic rings. The second-order valence-electron chi connectivity index (χ2n) is 2.33. The third-order valence-corrected chi connectivity index (χ3v) is 1.45. The predicted molar refractivity (Wildman–Crippen MR) is 34.7 cm³/mol. The van der Waals surface area contributed by atoms with Gasteiger partial charge in [-0.3, -0.25) is 5.32 Å². The van der Waals surface area contributed by atoms with Crippen molar-refractivity contribution in [1.29, 1.82) is 0 Å². The Morgan fingerprint density at radius 1 is 1.70 bits per heavy atom. The van der Waals surface area contributed by atoms with Gasteiger partial charge in [-0.15, -0.1) is 0 Å². The van der Waals surface area contributed by atoms with Crippen molar-refractivity contribution in [3.05, 3.63) is 0 Å². The van der Waals surface area contributed by atoms with Crippen molar-refractivity contribution in [2.75, 3.05) is 19.8 Å². The fourth-order valence-electron chi connectivity index (χ4n) is 0.920. The van der Waals surface area contributed by atoms with Crippen molar-refractivity contribution < 1.29 is 14.6 Å². The lowest BCUT2D eigenvalue weighted by atomic mass is 10.2. The monoisotopic (exact) mass is 145 g/mol. The molecule has 2 N–H and O–H groups in total. The normalized spacial score (nSPS) is 33.7. The van der Waals surface area contributed by atoms with E-state index < -0.39 is 0 Å². The van der Waals surface area contributed by atoms with Crippen LogP contribution in [0, 0.1) is 0 Å². The molecule has 4 nitrogen and oxygen atoms in total. The van der Waals surface area contributed by atoms with Gasteiger partial charge in [0.15, 0.2) is 0 Å². The number of hydrogen-bond acceptors (Lipinski definition) is 4. The van der Waals surface area contributed by atoms with E-state index in [0.29, 0.717) is 13.2 Å². The Morgan fingerprint density at radius 2 is 2.50 bits per heavy atom. The molecule has 0 radical (unpaired) electrons. The van der Waals surface area contributed by atoms with E-state index in [0.717, 1.165) is 6.29 Å². The molecule has 4 heteroatoms. The van der Waals surface area contributed by atoms with Crippen LogP contribution in [0.2, 0.25) is 0 Å². The summed E-state index contributed by atoms with van der Waals surface area (Å²) in [5.41, 5.74) is 0. The summed E-state index contributed by atoms with van der Waals surface area (Å²) in [7, 11) is 0. The van der Waals surface area contributed by atoms with Crippen molar-refractivity contribution in [3.63, 3.8) is 0 Å². The lowest BCUT2D eigenvalue weighted by molar-refractivity contribution is -0.113. The highest BCUT2D eigenvalue weighted by Crippen LogP contribution is 1.96. The van der Waals surface area contributed by atoms with Gasteiger partial charge in [-0.05, 0) is 0 Å². The van der Waals surface area contributed by atoms with E-state index in [1.54, 1.807) is 0 Å². The van der Waals surface area contributed by atoms with Gasteiger partial charge in [-0.2, -0.15) is 0 Å². The number of morpholine rings is 1. The van der Waals surface area contributed by atoms with Crippen LogP contribution < -0.4 is 5.32 Å². The standard InChI is InChI=1S/C6H11NO3/c8-1-5-3-10-4-6(2-9)7-5/h1,5-7,9H,2-4H2/t5?,6-/m1/s1. The molecule has 1 heterocycles. The summed E-state index contributed by atoms with van der Waals surface area (Å²) in [6, 6.07) is -0.324. The number of nitrogens with one attached hydrogen (secondary N) is 1. The minimum absolute atomic E-state index is 0.0182. The average Bonchev–Trinajstić information content (AvgIpc) is 2.05. The highest BCUT2D eigenvalue weighted by molar-refractivity contribution is 5.57. The van der Waals surface area contributed by atoms with E-state index >= 15 is 0 Å². The maximum absolute atomic E-state index is 10.2. The summed E-state index contributed by atoms with van der Waals surface area (Å²) in [6.07, 6.45) is 0.793. The van der Waals surface area contributed by atoms with Gasteiger partial charge in [0.2, 0.25) is 0 Å². The molecule has 0 saturated carbocycles. The molecule has 0 aromatic carbocycles. The largest absolute Gasteiger partial charge is 0.395 e. The summed E-state index contributed by atoms with van der Waals surface area (Å²) in [4.78, 5) is 10.2. The Hall–Kier alpha value is -0.450. The first-order chi connectivity index (χ1) is 4.86. The van der Waals surface area contributed by atoms with E-state index in [2.05, 4.69) is 5.32 Å². The first-order valence-electron chi connectivity index (χ1n) is 3.26. The molecule has 2 atom stereocenters. The van der Waals surface area contributed by atoms with Crippen LogP contribution in [0.3, 0.4) is 0 Å². The van der Waals surface area contributed by atoms with Gasteiger partial charge >= 0.3 is 0 Å². The molecule has 0 amide bonds. The second-order valence-corrected chi connectivity index (χ2v) is 2.33. The van der Waals surface area contributed by atoms with Gasteiger partial charge in [-0.25, -0.2) is 0 Å². The zero-order chi connectivity index (χ0) is 7.40. The number of aliphatic hydroxyl groups is 1. The third kappa shape index (κ3) is 1.76. The highest BCUT2D eigenvalue weighted by atomic mass is 16.5. The average molecular weight is 145 g/mol. The zero-order valence-electron chi connectivity index (χ0n) is 5.62. The summed E-state index contributed by atoms with van der Waals surface area (Å²) >= 11 is 0. The zero-order valence-corrected chi connectivity index (χ0v) is 5.62. The molecule has 0 aromatic heterocycles. The molecule has 10 heavy (non-hydrogen) atoms. The Morgan fingerprint density at radius 3 is 3.10 bits per heavy atom. The number of rotatable bonds is 2. The quantitative estimate of drug-likeness (QED) is 0.466. The van der Waals surface area contributed by atoms with Crippen molar-refractivity contribution in [2.45, 2.75) is 12.1 Å². The molecular weight excluding hydrogens is 134 g/mol.